The van der Waals surface area contributed by atoms with Gasteiger partial charge >= 0.3 is 17.3 Å². The number of carbonyl (C=O) groups is 3. The van der Waals surface area contributed by atoms with Crippen LogP contribution in [0.5, 0.6) is 0 Å². The van der Waals surface area contributed by atoms with E-state index in [1.54, 1.807) is 19.3 Å². The highest BCUT2D eigenvalue weighted by molar-refractivity contribution is 7.86. The highest BCUT2D eigenvalue weighted by Gasteiger charge is 2.44. The van der Waals surface area contributed by atoms with Crippen LogP contribution in [0.15, 0.2) is 69.6 Å². The quantitative estimate of drug-likeness (QED) is 0.0318. The highest BCUT2D eigenvalue weighted by Crippen LogP contribution is 2.51. The van der Waals surface area contributed by atoms with E-state index in [1.165, 1.54) is 18.2 Å². The van der Waals surface area contributed by atoms with Crippen molar-refractivity contribution in [2.75, 3.05) is 200 Å². The molecule has 1 aromatic heterocycles. The number of nitrogens with zero attached hydrogens (tertiary/aromatic N) is 3. The second-order valence-corrected chi connectivity index (χ2v) is 27.6. The van der Waals surface area contributed by atoms with E-state index in [-0.39, 0.29) is 110 Å². The van der Waals surface area contributed by atoms with E-state index in [0.29, 0.717) is 145 Å². The van der Waals surface area contributed by atoms with Crippen LogP contribution >= 0.6 is 0 Å². The molecule has 1 fully saturated rings. The predicted octanol–water partition coefficient (Wildman–Crippen LogP) is 5.17. The molecule has 1 saturated heterocycles. The Morgan fingerprint density at radius 2 is 1.12 bits per heavy atom. The van der Waals surface area contributed by atoms with Crippen LogP contribution in [0.3, 0.4) is 0 Å². The standard InChI is InChI=1S/C63H95N3O26S3/c1-62(2,3)54-48-51(91-57-47-50(11-13-53(54)57)64(19-8-46-94(73,74)75)20-23-81-28-31-85-36-39-89-42-41-87-34-33-83-26-25-79-5)9-6-10-58-63(4,18-7-45-93(70,71)72)55-49-52(95(76,77)78)12-14-56(55)65(58)21-24-82-29-32-86-37-40-90-44-43-88-38-35-84-30-27-80-22-17-61(69)92-66-59(67)15-16-60(66)68/h6,9-14,47-49H,7-8,15-46H2,1-5H3,(H2-,70,71,72,73,74,75,76,77,78)/b9-6+,58-10+. The molecule has 536 valence electrons. The van der Waals surface area contributed by atoms with Crippen LogP contribution in [0.25, 0.3) is 17.0 Å². The topological polar surface area (TPSA) is 358 Å². The molecule has 2 N–H and O–H groups in total. The van der Waals surface area contributed by atoms with E-state index < -0.39 is 70.0 Å². The van der Waals surface area contributed by atoms with Crippen molar-refractivity contribution < 1.29 is 119 Å². The van der Waals surface area contributed by atoms with Crippen molar-refractivity contribution in [1.82, 2.24) is 5.06 Å². The second-order valence-electron chi connectivity index (χ2n) is 23.1. The molecule has 0 saturated carbocycles. The van der Waals surface area contributed by atoms with Crippen molar-refractivity contribution in [1.29, 1.82) is 0 Å². The molecule has 95 heavy (non-hydrogen) atoms. The summed E-state index contributed by atoms with van der Waals surface area (Å²) < 4.78 is 177. The first kappa shape index (κ1) is 80.5. The van der Waals surface area contributed by atoms with Crippen molar-refractivity contribution >= 4 is 76.6 Å². The van der Waals surface area contributed by atoms with Gasteiger partial charge in [0.15, 0.2) is 0 Å². The number of fused-ring (bicyclic) bond motifs is 2. The van der Waals surface area contributed by atoms with E-state index in [9.17, 15) is 53.3 Å². The first-order valence-corrected chi connectivity index (χ1v) is 36.2. The molecule has 0 radical (unpaired) electrons. The van der Waals surface area contributed by atoms with Gasteiger partial charge in [-0.3, -0.25) is 18.7 Å². The Hall–Kier alpha value is -5.21. The van der Waals surface area contributed by atoms with Crippen molar-refractivity contribution in [3.8, 4) is 0 Å². The number of hydrogen-bond donors (Lipinski definition) is 2. The molecule has 2 aliphatic heterocycles. The Morgan fingerprint density at radius 1 is 0.632 bits per heavy atom. The number of anilines is 2. The lowest BCUT2D eigenvalue weighted by molar-refractivity contribution is -0.198. The highest BCUT2D eigenvalue weighted by atomic mass is 32.2. The lowest BCUT2D eigenvalue weighted by Gasteiger charge is -2.30. The maximum absolute atomic E-state index is 12.4. The van der Waals surface area contributed by atoms with Crippen molar-refractivity contribution in [3.63, 3.8) is 0 Å². The van der Waals surface area contributed by atoms with Crippen molar-refractivity contribution in [2.45, 2.75) is 81.9 Å². The van der Waals surface area contributed by atoms with Crippen LogP contribution in [0, 0.1) is 0 Å². The monoisotopic (exact) mass is 1410 g/mol. The molecular weight excluding hydrogens is 1310 g/mol. The molecule has 3 heterocycles. The Labute approximate surface area is 557 Å². The number of allylic oxidation sites excluding steroid dienone is 3. The Kier molecular flexibility index (Phi) is 35.5. The minimum absolute atomic E-state index is 0.0160. The molecule has 29 nitrogen and oxygen atoms in total. The number of hydroxylamine groups is 2. The lowest BCUT2D eigenvalue weighted by atomic mass is 9.77. The van der Waals surface area contributed by atoms with E-state index in [0.717, 1.165) is 10.9 Å². The number of methoxy groups -OCH3 is 1. The number of benzene rings is 2. The van der Waals surface area contributed by atoms with Crippen molar-refractivity contribution in [3.05, 3.63) is 77.2 Å². The molecule has 1 unspecified atom stereocenters. The number of ether oxygens (including phenoxy) is 12. The zero-order valence-electron chi connectivity index (χ0n) is 55.1. The third kappa shape index (κ3) is 30.2. The normalized spacial score (nSPS) is 16.0. The zero-order chi connectivity index (χ0) is 69.2. The zero-order valence-corrected chi connectivity index (χ0v) is 57.5. The number of amides is 2. The summed E-state index contributed by atoms with van der Waals surface area (Å²) in [5.41, 5.74) is 2.32. The van der Waals surface area contributed by atoms with Gasteiger partial charge in [0.2, 0.25) is 0 Å². The maximum atomic E-state index is 12.4. The summed E-state index contributed by atoms with van der Waals surface area (Å²) in [5, 5.41) is 1.32. The molecule has 0 spiro atoms. The fourth-order valence-corrected chi connectivity index (χ4v) is 11.6. The summed E-state index contributed by atoms with van der Waals surface area (Å²) in [4.78, 5) is 43.1. The van der Waals surface area contributed by atoms with Gasteiger partial charge in [-0.1, -0.05) is 26.8 Å². The first-order valence-electron chi connectivity index (χ1n) is 31.5. The number of carbonyl (C=O) groups excluding carboxylic acids is 3. The fraction of sp³-hybridized carbons (Fsp3) is 0.651. The van der Waals surface area contributed by atoms with E-state index in [4.69, 9.17) is 66.1 Å². The van der Waals surface area contributed by atoms with Gasteiger partial charge < -0.3 is 76.0 Å². The molecule has 1 atom stereocenters. The maximum Gasteiger partial charge on any atom is 0.363 e. The summed E-state index contributed by atoms with van der Waals surface area (Å²) in [5.74, 6) is -2.41. The van der Waals surface area contributed by atoms with Crippen LogP contribution in [-0.4, -0.2) is 252 Å². The summed E-state index contributed by atoms with van der Waals surface area (Å²) in [6.45, 7) is 16.2. The minimum atomic E-state index is -4.92. The Bertz CT molecular complexity index is 3240. The van der Waals surface area contributed by atoms with Gasteiger partial charge in [0.1, 0.15) is 10.1 Å². The van der Waals surface area contributed by atoms with Crippen LogP contribution in [0.2, 0.25) is 0 Å². The number of rotatable bonds is 52. The van der Waals surface area contributed by atoms with Gasteiger partial charge in [0, 0.05) is 74.2 Å². The average Bonchev–Trinajstić information content (AvgIpc) is 1.60. The largest absolute Gasteiger partial charge is 0.744 e. The molecule has 3 aromatic rings. The van der Waals surface area contributed by atoms with E-state index in [1.807, 2.05) is 47.1 Å². The summed E-state index contributed by atoms with van der Waals surface area (Å²) in [6, 6.07) is 11.7. The van der Waals surface area contributed by atoms with Crippen LogP contribution in [0.4, 0.5) is 11.4 Å². The van der Waals surface area contributed by atoms with Gasteiger partial charge in [0.25, 0.3) is 32.1 Å². The Morgan fingerprint density at radius 3 is 1.61 bits per heavy atom. The molecule has 2 amide bonds. The van der Waals surface area contributed by atoms with Gasteiger partial charge in [0.05, 0.1) is 186 Å². The summed E-state index contributed by atoms with van der Waals surface area (Å²) >= 11 is 0. The second kappa shape index (κ2) is 41.9. The molecular formula is C63H95N3O26S3. The number of imide groups is 1. The minimum Gasteiger partial charge on any atom is -0.744 e. The number of hydrogen-bond acceptors (Lipinski definition) is 25. The molecule has 32 heteroatoms. The third-order valence-corrected chi connectivity index (χ3v) is 17.2. The summed E-state index contributed by atoms with van der Waals surface area (Å²) in [6.07, 6.45) is 5.45. The average molecular weight is 1410 g/mol. The fourth-order valence-electron chi connectivity index (χ4n) is 10.1. The predicted molar refractivity (Wildman–Crippen MR) is 347 cm³/mol. The Balaban J connectivity index is 1.17. The van der Waals surface area contributed by atoms with E-state index >= 15 is 0 Å². The van der Waals surface area contributed by atoms with Gasteiger partial charge in [-0.25, -0.2) is 17.6 Å². The van der Waals surface area contributed by atoms with Gasteiger partial charge in [-0.2, -0.15) is 16.8 Å². The SMILES string of the molecule is COCCOCCOCCOCCOCCOCCN(CCCS(=O)(=O)O)c1ccc2c(C(C)(C)C)cc(/C=C/C=C3/N(CCOCCOCCOCCOCCOCCOCCC(=O)ON4C(=O)CCC4=O)c4ccc(S(=O)(=O)[O-])cc4C3(C)CCCS(=O)(=O)O)[o+]c2c1. The first-order chi connectivity index (χ1) is 45.3. The lowest BCUT2D eigenvalue weighted by Crippen LogP contribution is -2.32. The molecule has 2 aliphatic rings. The summed E-state index contributed by atoms with van der Waals surface area (Å²) in [7, 11) is -11.9. The van der Waals surface area contributed by atoms with Crippen LogP contribution in [-0.2, 0) is 117 Å². The molecule has 0 bridgehead atoms. The van der Waals surface area contributed by atoms with Crippen LogP contribution < -0.4 is 9.80 Å². The third-order valence-electron chi connectivity index (χ3n) is 14.8. The van der Waals surface area contributed by atoms with Crippen LogP contribution in [0.1, 0.15) is 83.1 Å². The molecule has 0 aliphatic carbocycles. The van der Waals surface area contributed by atoms with E-state index in [2.05, 4.69) is 20.8 Å². The molecule has 2 aromatic carbocycles. The van der Waals surface area contributed by atoms with Gasteiger partial charge in [-0.15, -0.1) is 5.06 Å². The smallest absolute Gasteiger partial charge is 0.363 e. The van der Waals surface area contributed by atoms with Crippen molar-refractivity contribution in [2.24, 2.45) is 0 Å². The molecule has 5 rings (SSSR count). The van der Waals surface area contributed by atoms with Gasteiger partial charge in [-0.05, 0) is 79.1 Å².